The van der Waals surface area contributed by atoms with Crippen LogP contribution >= 0.6 is 0 Å². The zero-order chi connectivity index (χ0) is 17.1. The Labute approximate surface area is 152 Å². The summed E-state index contributed by atoms with van der Waals surface area (Å²) in [5.41, 5.74) is 0. The van der Waals surface area contributed by atoms with Crippen LogP contribution in [0.5, 0.6) is 0 Å². The molecule has 5 heteroatoms. The predicted molar refractivity (Wildman–Crippen MR) is 101 cm³/mol. The highest BCUT2D eigenvalue weighted by molar-refractivity contribution is 5.04. The van der Waals surface area contributed by atoms with Gasteiger partial charge in [-0.25, -0.2) is 0 Å². The van der Waals surface area contributed by atoms with Crippen molar-refractivity contribution < 1.29 is 0 Å². The summed E-state index contributed by atoms with van der Waals surface area (Å²) in [6.07, 6.45) is 12.4. The Balaban J connectivity index is 1.37. The largest absolute Gasteiger partial charge is 0.317 e. The molecule has 3 aliphatic rings. The number of likely N-dealkylation sites (tertiary alicyclic amines) is 2. The Morgan fingerprint density at radius 3 is 2.40 bits per heavy atom. The second kappa shape index (κ2) is 8.17. The van der Waals surface area contributed by atoms with E-state index in [1.54, 1.807) is 0 Å². The minimum Gasteiger partial charge on any atom is -0.317 e. The fourth-order valence-corrected chi connectivity index (χ4v) is 5.18. The lowest BCUT2D eigenvalue weighted by Gasteiger charge is -2.33. The van der Waals surface area contributed by atoms with Gasteiger partial charge in [0.15, 0.2) is 0 Å². The monoisotopic (exact) mass is 345 g/mol. The standard InChI is InChI=1S/C20H35N5/c1-23-19(16-24-11-5-2-6-12-24)21-22-20(23)18-10-7-13-25(15-18)14-17-8-3-4-9-17/h17-18H,2-16H2,1H3/t18-/m0/s1. The first-order valence-corrected chi connectivity index (χ1v) is 10.6. The van der Waals surface area contributed by atoms with E-state index >= 15 is 0 Å². The zero-order valence-electron chi connectivity index (χ0n) is 16.0. The summed E-state index contributed by atoms with van der Waals surface area (Å²) in [6.45, 7) is 7.20. The minimum absolute atomic E-state index is 0.572. The van der Waals surface area contributed by atoms with Gasteiger partial charge < -0.3 is 9.47 Å². The number of nitrogens with zero attached hydrogens (tertiary/aromatic N) is 5. The normalized spacial score (nSPS) is 27.2. The molecule has 5 nitrogen and oxygen atoms in total. The molecule has 0 amide bonds. The molecule has 0 radical (unpaired) electrons. The molecule has 1 atom stereocenters. The Morgan fingerprint density at radius 2 is 1.60 bits per heavy atom. The van der Waals surface area contributed by atoms with Crippen molar-refractivity contribution in [2.75, 3.05) is 32.7 Å². The average Bonchev–Trinajstić information content (AvgIpc) is 3.27. The van der Waals surface area contributed by atoms with E-state index < -0.39 is 0 Å². The van der Waals surface area contributed by atoms with Gasteiger partial charge in [-0.05, 0) is 64.1 Å². The SMILES string of the molecule is Cn1c(CN2CCCCC2)nnc1[C@H]1CCCN(CC2CCCC2)C1. The summed E-state index contributed by atoms with van der Waals surface area (Å²) in [4.78, 5) is 5.26. The number of aromatic nitrogens is 3. The van der Waals surface area contributed by atoms with Crippen LogP contribution in [0, 0.1) is 5.92 Å². The van der Waals surface area contributed by atoms with Crippen molar-refractivity contribution in [1.29, 1.82) is 0 Å². The molecule has 0 unspecified atom stereocenters. The van der Waals surface area contributed by atoms with Crippen LogP contribution in [0.4, 0.5) is 0 Å². The molecule has 4 rings (SSSR count). The maximum atomic E-state index is 4.63. The lowest BCUT2D eigenvalue weighted by molar-refractivity contribution is 0.175. The second-order valence-corrected chi connectivity index (χ2v) is 8.62. The average molecular weight is 346 g/mol. The molecular weight excluding hydrogens is 310 g/mol. The van der Waals surface area contributed by atoms with Gasteiger partial charge in [-0.1, -0.05) is 19.3 Å². The third kappa shape index (κ3) is 4.25. The van der Waals surface area contributed by atoms with Gasteiger partial charge in [0.1, 0.15) is 11.6 Å². The molecule has 0 aromatic carbocycles. The van der Waals surface area contributed by atoms with Crippen molar-refractivity contribution in [3.63, 3.8) is 0 Å². The second-order valence-electron chi connectivity index (χ2n) is 8.62. The van der Waals surface area contributed by atoms with Crippen LogP contribution in [0.1, 0.15) is 75.4 Å². The smallest absolute Gasteiger partial charge is 0.146 e. The summed E-state index contributed by atoms with van der Waals surface area (Å²) >= 11 is 0. The fraction of sp³-hybridized carbons (Fsp3) is 0.900. The molecule has 3 fully saturated rings. The molecule has 2 aliphatic heterocycles. The summed E-state index contributed by atoms with van der Waals surface area (Å²) in [7, 11) is 2.19. The lowest BCUT2D eigenvalue weighted by Crippen LogP contribution is -2.38. The Morgan fingerprint density at radius 1 is 0.840 bits per heavy atom. The predicted octanol–water partition coefficient (Wildman–Crippen LogP) is 3.17. The van der Waals surface area contributed by atoms with Gasteiger partial charge in [0.2, 0.25) is 0 Å². The Kier molecular flexibility index (Phi) is 5.71. The molecule has 1 saturated carbocycles. The van der Waals surface area contributed by atoms with Crippen LogP contribution in [0.15, 0.2) is 0 Å². The molecule has 1 aliphatic carbocycles. The molecule has 2 saturated heterocycles. The van der Waals surface area contributed by atoms with Crippen LogP contribution < -0.4 is 0 Å². The third-order valence-corrected chi connectivity index (χ3v) is 6.67. The highest BCUT2D eigenvalue weighted by Gasteiger charge is 2.28. The molecule has 0 bridgehead atoms. The quantitative estimate of drug-likeness (QED) is 0.821. The maximum Gasteiger partial charge on any atom is 0.146 e. The Hall–Kier alpha value is -0.940. The Bertz CT molecular complexity index is 542. The van der Waals surface area contributed by atoms with E-state index in [1.807, 2.05) is 0 Å². The van der Waals surface area contributed by atoms with Crippen LogP contribution in [0.25, 0.3) is 0 Å². The zero-order valence-corrected chi connectivity index (χ0v) is 16.0. The van der Waals surface area contributed by atoms with Gasteiger partial charge in [-0.2, -0.15) is 0 Å². The van der Waals surface area contributed by atoms with E-state index in [9.17, 15) is 0 Å². The molecule has 1 aromatic heterocycles. The molecular formula is C20H35N5. The van der Waals surface area contributed by atoms with Crippen molar-refractivity contribution in [2.45, 2.75) is 70.3 Å². The third-order valence-electron chi connectivity index (χ3n) is 6.67. The first-order chi connectivity index (χ1) is 12.3. The van der Waals surface area contributed by atoms with Gasteiger partial charge in [0.25, 0.3) is 0 Å². The van der Waals surface area contributed by atoms with Crippen molar-refractivity contribution in [3.8, 4) is 0 Å². The van der Waals surface area contributed by atoms with Crippen LogP contribution in [-0.4, -0.2) is 57.3 Å². The first-order valence-electron chi connectivity index (χ1n) is 10.6. The van der Waals surface area contributed by atoms with E-state index in [0.29, 0.717) is 5.92 Å². The highest BCUT2D eigenvalue weighted by atomic mass is 15.3. The van der Waals surface area contributed by atoms with E-state index in [4.69, 9.17) is 0 Å². The van der Waals surface area contributed by atoms with Gasteiger partial charge in [-0.3, -0.25) is 4.90 Å². The molecule has 140 valence electrons. The van der Waals surface area contributed by atoms with Gasteiger partial charge in [0.05, 0.1) is 6.54 Å². The van der Waals surface area contributed by atoms with Crippen LogP contribution in [-0.2, 0) is 13.6 Å². The van der Waals surface area contributed by atoms with Crippen LogP contribution in [0.3, 0.4) is 0 Å². The molecule has 0 N–H and O–H groups in total. The van der Waals surface area contributed by atoms with Crippen molar-refractivity contribution in [2.24, 2.45) is 13.0 Å². The molecule has 3 heterocycles. The number of rotatable bonds is 5. The number of hydrogen-bond acceptors (Lipinski definition) is 4. The topological polar surface area (TPSA) is 37.2 Å². The van der Waals surface area contributed by atoms with Crippen LogP contribution in [0.2, 0.25) is 0 Å². The number of piperidine rings is 2. The summed E-state index contributed by atoms with van der Waals surface area (Å²) in [5, 5.41) is 9.20. The summed E-state index contributed by atoms with van der Waals surface area (Å²) < 4.78 is 2.30. The summed E-state index contributed by atoms with van der Waals surface area (Å²) in [6, 6.07) is 0. The molecule has 25 heavy (non-hydrogen) atoms. The van der Waals surface area contributed by atoms with Gasteiger partial charge >= 0.3 is 0 Å². The fourth-order valence-electron chi connectivity index (χ4n) is 5.18. The van der Waals surface area contributed by atoms with E-state index in [-0.39, 0.29) is 0 Å². The van der Waals surface area contributed by atoms with E-state index in [1.165, 1.54) is 96.3 Å². The molecule has 0 spiro atoms. The first kappa shape index (κ1) is 17.5. The molecule has 1 aromatic rings. The van der Waals surface area contributed by atoms with Gasteiger partial charge in [0, 0.05) is 26.1 Å². The van der Waals surface area contributed by atoms with E-state index in [2.05, 4.69) is 31.6 Å². The van der Waals surface area contributed by atoms with E-state index in [0.717, 1.165) is 18.3 Å². The summed E-state index contributed by atoms with van der Waals surface area (Å²) in [5.74, 6) is 3.91. The van der Waals surface area contributed by atoms with Gasteiger partial charge in [-0.15, -0.1) is 10.2 Å². The van der Waals surface area contributed by atoms with Crippen molar-refractivity contribution in [3.05, 3.63) is 11.6 Å². The van der Waals surface area contributed by atoms with Crippen molar-refractivity contribution in [1.82, 2.24) is 24.6 Å². The highest BCUT2D eigenvalue weighted by Crippen LogP contribution is 2.30. The minimum atomic E-state index is 0.572. The number of hydrogen-bond donors (Lipinski definition) is 0. The van der Waals surface area contributed by atoms with Crippen molar-refractivity contribution >= 4 is 0 Å². The lowest BCUT2D eigenvalue weighted by atomic mass is 9.95. The maximum absolute atomic E-state index is 4.63.